The van der Waals surface area contributed by atoms with Crippen LogP contribution in [0.2, 0.25) is 10.0 Å². The molecule has 6 heteroatoms. The van der Waals surface area contributed by atoms with Gasteiger partial charge in [-0.2, -0.15) is 0 Å². The Labute approximate surface area is 136 Å². The van der Waals surface area contributed by atoms with Crippen LogP contribution in [0.25, 0.3) is 0 Å². The maximum absolute atomic E-state index is 6.17. The van der Waals surface area contributed by atoms with E-state index in [0.717, 1.165) is 34.6 Å². The van der Waals surface area contributed by atoms with Crippen LogP contribution in [-0.4, -0.2) is 16.5 Å². The van der Waals surface area contributed by atoms with Crippen molar-refractivity contribution in [3.8, 4) is 0 Å². The monoisotopic (exact) mass is 373 g/mol. The number of benzene rings is 1. The van der Waals surface area contributed by atoms with E-state index < -0.39 is 0 Å². The predicted octanol–water partition coefficient (Wildman–Crippen LogP) is 4.96. The molecule has 3 nitrogen and oxygen atoms in total. The van der Waals surface area contributed by atoms with Gasteiger partial charge in [-0.05, 0) is 40.0 Å². The zero-order valence-corrected chi connectivity index (χ0v) is 14.1. The highest BCUT2D eigenvalue weighted by Crippen LogP contribution is 2.24. The Morgan fingerprint density at radius 2 is 2.10 bits per heavy atom. The minimum absolute atomic E-state index is 0.573. The smallest absolute Gasteiger partial charge is 0.144 e. The average Bonchev–Trinajstić information content (AvgIpc) is 2.42. The first kappa shape index (κ1) is 15.5. The van der Waals surface area contributed by atoms with Crippen LogP contribution in [0.3, 0.4) is 0 Å². The highest BCUT2D eigenvalue weighted by atomic mass is 79.9. The summed E-state index contributed by atoms with van der Waals surface area (Å²) in [6, 6.07) is 5.45. The van der Waals surface area contributed by atoms with Crippen molar-refractivity contribution in [3.05, 3.63) is 50.3 Å². The molecule has 1 aromatic carbocycles. The third kappa shape index (κ3) is 4.08. The molecule has 1 aromatic heterocycles. The van der Waals surface area contributed by atoms with Gasteiger partial charge in [0.25, 0.3) is 0 Å². The van der Waals surface area contributed by atoms with Gasteiger partial charge in [-0.3, -0.25) is 0 Å². The van der Waals surface area contributed by atoms with Crippen molar-refractivity contribution >= 4 is 44.9 Å². The second-order valence-electron chi connectivity index (χ2n) is 4.32. The van der Waals surface area contributed by atoms with Crippen LogP contribution in [-0.2, 0) is 6.42 Å². The number of rotatable bonds is 5. The normalized spacial score (nSPS) is 10.6. The second-order valence-corrected chi connectivity index (χ2v) is 6.02. The first-order valence-corrected chi connectivity index (χ1v) is 7.84. The lowest BCUT2D eigenvalue weighted by atomic mass is 10.1. The number of nitrogens with zero attached hydrogens (tertiary/aromatic N) is 2. The molecule has 2 rings (SSSR count). The van der Waals surface area contributed by atoms with Gasteiger partial charge in [0, 0.05) is 29.2 Å². The maximum atomic E-state index is 6.17. The van der Waals surface area contributed by atoms with Crippen LogP contribution < -0.4 is 5.32 Å². The fourth-order valence-electron chi connectivity index (χ4n) is 1.69. The van der Waals surface area contributed by atoms with Gasteiger partial charge in [0.1, 0.15) is 11.6 Å². The van der Waals surface area contributed by atoms with Crippen LogP contribution in [0.4, 0.5) is 5.82 Å². The lowest BCUT2D eigenvalue weighted by Gasteiger charge is -2.09. The Hall–Kier alpha value is -0.840. The van der Waals surface area contributed by atoms with Gasteiger partial charge in [-0.15, -0.1) is 0 Å². The van der Waals surface area contributed by atoms with Crippen LogP contribution in [0.5, 0.6) is 0 Å². The summed E-state index contributed by atoms with van der Waals surface area (Å²) in [7, 11) is 0. The lowest BCUT2D eigenvalue weighted by molar-refractivity contribution is 0.927. The van der Waals surface area contributed by atoms with Gasteiger partial charge in [0.15, 0.2) is 0 Å². The first-order valence-electron chi connectivity index (χ1n) is 6.29. The highest BCUT2D eigenvalue weighted by molar-refractivity contribution is 9.10. The zero-order valence-electron chi connectivity index (χ0n) is 11.0. The number of hydrogen-bond donors (Lipinski definition) is 1. The van der Waals surface area contributed by atoms with Gasteiger partial charge in [0.05, 0.1) is 4.47 Å². The van der Waals surface area contributed by atoms with Crippen LogP contribution in [0, 0.1) is 0 Å². The fraction of sp³-hybridized carbons (Fsp3) is 0.286. The Bertz CT molecular complexity index is 605. The van der Waals surface area contributed by atoms with Gasteiger partial charge in [-0.1, -0.05) is 36.2 Å². The quantitative estimate of drug-likeness (QED) is 0.803. The summed E-state index contributed by atoms with van der Waals surface area (Å²) < 4.78 is 0.858. The van der Waals surface area contributed by atoms with Crippen molar-refractivity contribution in [1.82, 2.24) is 9.97 Å². The number of halogens is 3. The highest BCUT2D eigenvalue weighted by Gasteiger charge is 2.08. The molecular formula is C14H14BrCl2N3. The van der Waals surface area contributed by atoms with E-state index in [1.807, 2.05) is 12.1 Å². The van der Waals surface area contributed by atoms with E-state index in [2.05, 4.69) is 38.1 Å². The van der Waals surface area contributed by atoms with E-state index in [1.165, 1.54) is 0 Å². The van der Waals surface area contributed by atoms with Gasteiger partial charge in [0.2, 0.25) is 0 Å². The van der Waals surface area contributed by atoms with Crippen molar-refractivity contribution in [1.29, 1.82) is 0 Å². The molecule has 0 aliphatic carbocycles. The first-order chi connectivity index (χ1) is 9.60. The second kappa shape index (κ2) is 7.25. The molecule has 0 atom stereocenters. The Morgan fingerprint density at radius 3 is 2.80 bits per heavy atom. The molecule has 0 bridgehead atoms. The number of nitrogens with one attached hydrogen (secondary N) is 1. The summed E-state index contributed by atoms with van der Waals surface area (Å²) in [5, 5.41) is 4.52. The topological polar surface area (TPSA) is 37.8 Å². The minimum Gasteiger partial charge on any atom is -0.369 e. The van der Waals surface area contributed by atoms with E-state index >= 15 is 0 Å². The lowest BCUT2D eigenvalue weighted by Crippen LogP contribution is -2.06. The summed E-state index contributed by atoms with van der Waals surface area (Å²) >= 11 is 15.5. The van der Waals surface area contributed by atoms with Crippen molar-refractivity contribution in [2.45, 2.75) is 19.8 Å². The largest absolute Gasteiger partial charge is 0.369 e. The molecule has 1 heterocycles. The van der Waals surface area contributed by atoms with Crippen molar-refractivity contribution in [2.75, 3.05) is 11.9 Å². The predicted molar refractivity (Wildman–Crippen MR) is 87.8 cm³/mol. The minimum atomic E-state index is 0.573. The zero-order chi connectivity index (χ0) is 14.5. The van der Waals surface area contributed by atoms with Gasteiger partial charge >= 0.3 is 0 Å². The molecule has 0 aliphatic rings. The van der Waals surface area contributed by atoms with Gasteiger partial charge < -0.3 is 5.32 Å². The summed E-state index contributed by atoms with van der Waals surface area (Å²) in [6.07, 6.45) is 3.36. The third-order valence-electron chi connectivity index (χ3n) is 2.70. The van der Waals surface area contributed by atoms with E-state index in [-0.39, 0.29) is 0 Å². The molecular weight excluding hydrogens is 361 g/mol. The molecule has 0 aliphatic heterocycles. The summed E-state index contributed by atoms with van der Waals surface area (Å²) in [5.41, 5.74) is 0.958. The Morgan fingerprint density at radius 1 is 1.30 bits per heavy atom. The summed E-state index contributed by atoms with van der Waals surface area (Å²) in [4.78, 5) is 8.82. The maximum Gasteiger partial charge on any atom is 0.144 e. The molecule has 0 radical (unpaired) electrons. The molecule has 20 heavy (non-hydrogen) atoms. The van der Waals surface area contributed by atoms with E-state index in [9.17, 15) is 0 Å². The van der Waals surface area contributed by atoms with E-state index in [0.29, 0.717) is 16.5 Å². The Balaban J connectivity index is 2.20. The molecule has 0 amide bonds. The number of hydrogen-bond acceptors (Lipinski definition) is 3. The molecule has 0 spiro atoms. The number of aromatic nitrogens is 2. The van der Waals surface area contributed by atoms with E-state index in [4.69, 9.17) is 23.2 Å². The Kier molecular flexibility index (Phi) is 5.64. The van der Waals surface area contributed by atoms with Crippen molar-refractivity contribution < 1.29 is 0 Å². The van der Waals surface area contributed by atoms with Crippen LogP contribution in [0.15, 0.2) is 28.9 Å². The average molecular weight is 375 g/mol. The van der Waals surface area contributed by atoms with Crippen molar-refractivity contribution in [2.24, 2.45) is 0 Å². The summed E-state index contributed by atoms with van der Waals surface area (Å²) in [5.74, 6) is 1.53. The van der Waals surface area contributed by atoms with Gasteiger partial charge in [-0.25, -0.2) is 9.97 Å². The third-order valence-corrected chi connectivity index (χ3v) is 3.87. The molecule has 106 valence electrons. The van der Waals surface area contributed by atoms with Crippen molar-refractivity contribution in [3.63, 3.8) is 0 Å². The number of anilines is 1. The molecule has 0 fully saturated rings. The molecule has 0 unspecified atom stereocenters. The standard InChI is InChI=1S/C14H14BrCl2N3/c1-2-5-18-14-11(15)8-19-13(20-14)6-9-3-4-10(16)7-12(9)17/h3-4,7-8H,2,5-6H2,1H3,(H,18,19,20). The molecule has 0 saturated heterocycles. The fourth-order valence-corrected chi connectivity index (χ4v) is 2.50. The summed E-state index contributed by atoms with van der Waals surface area (Å²) in [6.45, 7) is 2.98. The SMILES string of the molecule is CCCNc1nc(Cc2ccc(Cl)cc2Cl)ncc1Br. The van der Waals surface area contributed by atoms with E-state index in [1.54, 1.807) is 12.3 Å². The molecule has 0 saturated carbocycles. The van der Waals surface area contributed by atoms with Crippen LogP contribution in [0.1, 0.15) is 24.7 Å². The van der Waals surface area contributed by atoms with Crippen LogP contribution >= 0.6 is 39.1 Å². The molecule has 2 aromatic rings. The molecule has 1 N–H and O–H groups in total.